The highest BCUT2D eigenvalue weighted by atomic mass is 16.5. The van der Waals surface area contributed by atoms with Crippen LogP contribution in [0.3, 0.4) is 0 Å². The number of rotatable bonds is 9. The Morgan fingerprint density at radius 1 is 0.892 bits per heavy atom. The first-order valence-corrected chi connectivity index (χ1v) is 13.3. The van der Waals surface area contributed by atoms with Gasteiger partial charge in [-0.3, -0.25) is 4.90 Å². The van der Waals surface area contributed by atoms with Crippen molar-refractivity contribution >= 4 is 11.0 Å². The molecule has 37 heavy (non-hydrogen) atoms. The molecule has 0 spiro atoms. The van der Waals surface area contributed by atoms with E-state index in [1.165, 1.54) is 32.4 Å². The number of benzene rings is 3. The largest absolute Gasteiger partial charge is 0.492 e. The van der Waals surface area contributed by atoms with Gasteiger partial charge in [-0.15, -0.1) is 0 Å². The summed E-state index contributed by atoms with van der Waals surface area (Å²) in [5.41, 5.74) is 3.71. The average Bonchev–Trinajstić information content (AvgIpc) is 2.90. The first kappa shape index (κ1) is 25.1. The summed E-state index contributed by atoms with van der Waals surface area (Å²) in [6.45, 7) is 7.97. The number of piperidine rings is 1. The average molecular weight is 498 g/mol. The van der Waals surface area contributed by atoms with Crippen molar-refractivity contribution in [2.45, 2.75) is 45.6 Å². The van der Waals surface area contributed by atoms with Gasteiger partial charge in [-0.05, 0) is 87.2 Å². The van der Waals surface area contributed by atoms with Gasteiger partial charge in [0, 0.05) is 18.0 Å². The molecule has 5 rings (SSSR count). The van der Waals surface area contributed by atoms with Crippen molar-refractivity contribution in [3.05, 3.63) is 94.3 Å². The molecule has 4 aromatic rings. The lowest BCUT2D eigenvalue weighted by Gasteiger charge is -2.26. The molecule has 1 saturated heterocycles. The summed E-state index contributed by atoms with van der Waals surface area (Å²) >= 11 is 0. The van der Waals surface area contributed by atoms with Crippen LogP contribution in [0.5, 0.6) is 11.5 Å². The predicted octanol–water partition coefficient (Wildman–Crippen LogP) is 6.70. The first-order valence-electron chi connectivity index (χ1n) is 13.3. The van der Waals surface area contributed by atoms with Crippen LogP contribution in [0.1, 0.15) is 44.2 Å². The van der Waals surface area contributed by atoms with E-state index in [0.717, 1.165) is 34.4 Å². The second-order valence-electron chi connectivity index (χ2n) is 10.0. The molecule has 3 aromatic carbocycles. The topological polar surface area (TPSA) is 51.9 Å². The Morgan fingerprint density at radius 2 is 1.62 bits per heavy atom. The van der Waals surface area contributed by atoms with Gasteiger partial charge in [0.2, 0.25) is 0 Å². The fraction of sp³-hybridized carbons (Fsp3) is 0.344. The molecule has 0 bridgehead atoms. The summed E-state index contributed by atoms with van der Waals surface area (Å²) in [5, 5.41) is 0.913. The summed E-state index contributed by atoms with van der Waals surface area (Å²) < 4.78 is 17.7. The summed E-state index contributed by atoms with van der Waals surface area (Å²) in [7, 11) is 0. The van der Waals surface area contributed by atoms with E-state index < -0.39 is 0 Å². The van der Waals surface area contributed by atoms with Gasteiger partial charge >= 0.3 is 5.63 Å². The van der Waals surface area contributed by atoms with Crippen LogP contribution in [0.15, 0.2) is 82.0 Å². The molecule has 0 amide bonds. The van der Waals surface area contributed by atoms with Gasteiger partial charge in [-0.2, -0.15) is 0 Å². The lowest BCUT2D eigenvalue weighted by atomic mass is 9.93. The number of hydrogen-bond donors (Lipinski definition) is 0. The molecule has 1 aliphatic rings. The molecule has 1 aromatic heterocycles. The molecular weight excluding hydrogens is 462 g/mol. The zero-order valence-corrected chi connectivity index (χ0v) is 21.7. The summed E-state index contributed by atoms with van der Waals surface area (Å²) in [5.74, 6) is 1.56. The van der Waals surface area contributed by atoms with E-state index in [-0.39, 0.29) is 11.7 Å². The zero-order valence-electron chi connectivity index (χ0n) is 21.7. The molecule has 5 heteroatoms. The van der Waals surface area contributed by atoms with Crippen LogP contribution in [0.2, 0.25) is 0 Å². The number of ether oxygens (including phenoxy) is 2. The van der Waals surface area contributed by atoms with Crippen LogP contribution in [0, 0.1) is 0 Å². The Labute approximate surface area is 218 Å². The number of hydrogen-bond acceptors (Lipinski definition) is 5. The van der Waals surface area contributed by atoms with E-state index >= 15 is 0 Å². The van der Waals surface area contributed by atoms with Crippen LogP contribution in [0.4, 0.5) is 0 Å². The molecule has 1 aliphatic heterocycles. The summed E-state index contributed by atoms with van der Waals surface area (Å²) in [6, 6.07) is 23.7. The van der Waals surface area contributed by atoms with Crippen molar-refractivity contribution in [2.75, 3.05) is 26.2 Å². The van der Waals surface area contributed by atoms with Gasteiger partial charge in [0.1, 0.15) is 23.7 Å². The lowest BCUT2D eigenvalue weighted by Crippen LogP contribution is -2.33. The third kappa shape index (κ3) is 6.23. The Balaban J connectivity index is 1.41. The molecule has 192 valence electrons. The minimum Gasteiger partial charge on any atom is -0.492 e. The molecule has 0 aliphatic carbocycles. The van der Waals surface area contributed by atoms with Crippen LogP contribution in [-0.4, -0.2) is 37.2 Å². The van der Waals surface area contributed by atoms with Crippen molar-refractivity contribution in [3.63, 3.8) is 0 Å². The van der Waals surface area contributed by atoms with Gasteiger partial charge in [-0.1, -0.05) is 48.9 Å². The van der Waals surface area contributed by atoms with Crippen LogP contribution in [-0.2, 0) is 6.42 Å². The number of likely N-dealkylation sites (tertiary alicyclic amines) is 1. The van der Waals surface area contributed by atoms with Crippen molar-refractivity contribution in [2.24, 2.45) is 0 Å². The minimum absolute atomic E-state index is 0.0350. The highest BCUT2D eigenvalue weighted by Gasteiger charge is 2.18. The second-order valence-corrected chi connectivity index (χ2v) is 10.0. The molecule has 5 nitrogen and oxygen atoms in total. The van der Waals surface area contributed by atoms with E-state index in [0.29, 0.717) is 29.9 Å². The molecule has 0 N–H and O–H groups in total. The first-order chi connectivity index (χ1) is 18.1. The quantitative estimate of drug-likeness (QED) is 0.241. The van der Waals surface area contributed by atoms with Crippen LogP contribution >= 0.6 is 0 Å². The van der Waals surface area contributed by atoms with Gasteiger partial charge in [-0.25, -0.2) is 4.79 Å². The fourth-order valence-corrected chi connectivity index (χ4v) is 5.05. The molecule has 0 radical (unpaired) electrons. The Hall–Kier alpha value is -3.57. The summed E-state index contributed by atoms with van der Waals surface area (Å²) in [6.07, 6.45) is 4.56. The highest BCUT2D eigenvalue weighted by molar-refractivity contribution is 5.88. The van der Waals surface area contributed by atoms with Crippen LogP contribution in [0.25, 0.3) is 22.1 Å². The van der Waals surface area contributed by atoms with E-state index in [4.69, 9.17) is 13.9 Å². The fourth-order valence-electron chi connectivity index (χ4n) is 5.05. The third-order valence-electron chi connectivity index (χ3n) is 6.85. The molecule has 0 saturated carbocycles. The normalized spacial score (nSPS) is 14.2. The summed E-state index contributed by atoms with van der Waals surface area (Å²) in [4.78, 5) is 15.7. The highest BCUT2D eigenvalue weighted by Crippen LogP contribution is 2.32. The maximum absolute atomic E-state index is 13.2. The minimum atomic E-state index is -0.340. The van der Waals surface area contributed by atoms with Crippen molar-refractivity contribution in [3.8, 4) is 22.6 Å². The van der Waals surface area contributed by atoms with Gasteiger partial charge in [0.05, 0.1) is 11.7 Å². The van der Waals surface area contributed by atoms with E-state index in [1.807, 2.05) is 74.5 Å². The van der Waals surface area contributed by atoms with Gasteiger partial charge < -0.3 is 13.9 Å². The molecule has 2 heterocycles. The lowest BCUT2D eigenvalue weighted by molar-refractivity contribution is 0.183. The molecule has 1 fully saturated rings. The van der Waals surface area contributed by atoms with Crippen molar-refractivity contribution < 1.29 is 13.9 Å². The zero-order chi connectivity index (χ0) is 25.6. The van der Waals surface area contributed by atoms with Crippen molar-refractivity contribution in [1.29, 1.82) is 0 Å². The van der Waals surface area contributed by atoms with Gasteiger partial charge in [0.25, 0.3) is 0 Å². The van der Waals surface area contributed by atoms with Gasteiger partial charge in [0.15, 0.2) is 0 Å². The Morgan fingerprint density at radius 3 is 2.35 bits per heavy atom. The second kappa shape index (κ2) is 11.7. The molecule has 0 atom stereocenters. The van der Waals surface area contributed by atoms with E-state index in [2.05, 4.69) is 17.0 Å². The number of fused-ring (bicyclic) bond motifs is 1. The number of nitrogens with zero attached hydrogens (tertiary/aromatic N) is 1. The third-order valence-corrected chi connectivity index (χ3v) is 6.85. The predicted molar refractivity (Wildman–Crippen MR) is 149 cm³/mol. The SMILES string of the molecule is CC(C)Oc1ccc2c(Cc3ccc(OCCN4CCCCC4)cc3)c(-c3ccccc3)c(=O)oc2c1. The van der Waals surface area contributed by atoms with Crippen molar-refractivity contribution in [1.82, 2.24) is 4.90 Å². The monoisotopic (exact) mass is 497 g/mol. The van der Waals surface area contributed by atoms with E-state index in [9.17, 15) is 4.79 Å². The maximum Gasteiger partial charge on any atom is 0.344 e. The van der Waals surface area contributed by atoms with Crippen LogP contribution < -0.4 is 15.1 Å². The molecular formula is C32H35NO4. The molecule has 0 unspecified atom stereocenters. The van der Waals surface area contributed by atoms with E-state index in [1.54, 1.807) is 0 Å². The Bertz CT molecular complexity index is 1370. The maximum atomic E-state index is 13.2. The smallest absolute Gasteiger partial charge is 0.344 e. The Kier molecular flexibility index (Phi) is 7.90. The standard InChI is InChI=1S/C32H35NO4/c1-23(2)36-27-15-16-28-29(31(25-9-5-3-6-10-25)32(34)37-30(28)22-27)21-24-11-13-26(14-12-24)35-20-19-33-17-7-4-8-18-33/h3,5-6,9-16,22-23H,4,7-8,17-21H2,1-2H3.